The molecule has 0 spiro atoms. The maximum absolute atomic E-state index is 5.86. The van der Waals surface area contributed by atoms with Crippen LogP contribution in [0.4, 0.5) is 0 Å². The summed E-state index contributed by atoms with van der Waals surface area (Å²) in [7, 11) is 1.70. The van der Waals surface area contributed by atoms with E-state index in [1.54, 1.807) is 13.3 Å². The monoisotopic (exact) mass is 377 g/mol. The minimum atomic E-state index is 0.366. The van der Waals surface area contributed by atoms with Crippen molar-refractivity contribution in [3.8, 4) is 23.1 Å². The summed E-state index contributed by atoms with van der Waals surface area (Å²) < 4.78 is 11.4. The van der Waals surface area contributed by atoms with Crippen LogP contribution in [0.5, 0.6) is 11.8 Å². The first-order valence-electron chi connectivity index (χ1n) is 9.43. The molecule has 1 aromatic carbocycles. The van der Waals surface area contributed by atoms with E-state index in [1.165, 1.54) is 5.56 Å². The van der Waals surface area contributed by atoms with Crippen LogP contribution in [0.1, 0.15) is 33.5 Å². The van der Waals surface area contributed by atoms with Crippen molar-refractivity contribution >= 4 is 0 Å². The van der Waals surface area contributed by atoms with Crippen LogP contribution in [0.3, 0.4) is 0 Å². The minimum absolute atomic E-state index is 0.366. The number of hydrogen-bond donors (Lipinski definition) is 0. The number of methoxy groups -OCH3 is 1. The largest absolute Gasteiger partial charge is 0.496 e. The number of benzene rings is 1. The van der Waals surface area contributed by atoms with Crippen LogP contribution < -0.4 is 9.47 Å². The Hall–Kier alpha value is -2.95. The number of ether oxygens (including phenoxy) is 2. The van der Waals surface area contributed by atoms with Crippen molar-refractivity contribution in [3.05, 3.63) is 64.0 Å². The van der Waals surface area contributed by atoms with Crippen molar-refractivity contribution in [2.24, 2.45) is 0 Å². The van der Waals surface area contributed by atoms with Gasteiger partial charge in [0.15, 0.2) is 0 Å². The molecule has 0 saturated heterocycles. The van der Waals surface area contributed by atoms with E-state index in [0.717, 1.165) is 51.5 Å². The molecule has 0 N–H and O–H groups in total. The van der Waals surface area contributed by atoms with Gasteiger partial charge in [0.25, 0.3) is 0 Å². The first-order chi connectivity index (χ1) is 13.4. The molecule has 5 nitrogen and oxygen atoms in total. The molecule has 2 aromatic heterocycles. The number of rotatable bonds is 6. The fourth-order valence-corrected chi connectivity index (χ4v) is 3.49. The van der Waals surface area contributed by atoms with Gasteiger partial charge in [0.2, 0.25) is 0 Å². The zero-order valence-corrected chi connectivity index (χ0v) is 17.5. The van der Waals surface area contributed by atoms with Crippen LogP contribution in [0.25, 0.3) is 11.4 Å². The second-order valence-electron chi connectivity index (χ2n) is 7.23. The van der Waals surface area contributed by atoms with Crippen molar-refractivity contribution in [2.75, 3.05) is 13.7 Å². The average Bonchev–Trinajstić information content (AvgIpc) is 2.62. The standard InChI is InChI=1S/C23H27N3O2/c1-14-9-16(3)22(27-6)19(11-14)7-8-28-23-24-13-17(4)21(26-23)20-12-15(2)10-18(5)25-20/h9-13H,7-8H2,1-6H3. The zero-order chi connectivity index (χ0) is 20.3. The normalized spacial score (nSPS) is 10.8. The van der Waals surface area contributed by atoms with E-state index >= 15 is 0 Å². The Morgan fingerprint density at radius 2 is 1.61 bits per heavy atom. The van der Waals surface area contributed by atoms with Gasteiger partial charge >= 0.3 is 6.01 Å². The van der Waals surface area contributed by atoms with E-state index < -0.39 is 0 Å². The van der Waals surface area contributed by atoms with Crippen LogP contribution in [0, 0.1) is 34.6 Å². The fraction of sp³-hybridized carbons (Fsp3) is 0.348. The Morgan fingerprint density at radius 3 is 2.32 bits per heavy atom. The van der Waals surface area contributed by atoms with E-state index in [4.69, 9.17) is 9.47 Å². The molecule has 3 aromatic rings. The number of nitrogens with zero attached hydrogens (tertiary/aromatic N) is 3. The molecule has 0 atom stereocenters. The van der Waals surface area contributed by atoms with Crippen molar-refractivity contribution < 1.29 is 9.47 Å². The van der Waals surface area contributed by atoms with Gasteiger partial charge in [-0.2, -0.15) is 4.98 Å². The van der Waals surface area contributed by atoms with Gasteiger partial charge in [0, 0.05) is 18.3 Å². The predicted octanol–water partition coefficient (Wildman–Crippen LogP) is 4.71. The SMILES string of the molecule is COc1c(C)cc(C)cc1CCOc1ncc(C)c(-c2cc(C)cc(C)n2)n1. The van der Waals surface area contributed by atoms with Crippen molar-refractivity contribution in [1.82, 2.24) is 15.0 Å². The molecular weight excluding hydrogens is 350 g/mol. The first-order valence-corrected chi connectivity index (χ1v) is 9.43. The molecule has 3 rings (SSSR count). The Morgan fingerprint density at radius 1 is 0.857 bits per heavy atom. The Kier molecular flexibility index (Phi) is 5.93. The van der Waals surface area contributed by atoms with Gasteiger partial charge in [-0.3, -0.25) is 4.98 Å². The van der Waals surface area contributed by atoms with Gasteiger partial charge in [-0.25, -0.2) is 4.98 Å². The quantitative estimate of drug-likeness (QED) is 0.623. The maximum Gasteiger partial charge on any atom is 0.316 e. The van der Waals surface area contributed by atoms with E-state index in [1.807, 2.05) is 19.9 Å². The third kappa shape index (κ3) is 4.47. The van der Waals surface area contributed by atoms with Crippen LogP contribution >= 0.6 is 0 Å². The lowest BCUT2D eigenvalue weighted by Crippen LogP contribution is -2.07. The molecule has 0 radical (unpaired) electrons. The van der Waals surface area contributed by atoms with Crippen molar-refractivity contribution in [1.29, 1.82) is 0 Å². The average molecular weight is 377 g/mol. The third-order valence-corrected chi connectivity index (χ3v) is 4.59. The highest BCUT2D eigenvalue weighted by molar-refractivity contribution is 5.59. The minimum Gasteiger partial charge on any atom is -0.496 e. The first kappa shape index (κ1) is 19.8. The summed E-state index contributed by atoms with van der Waals surface area (Å²) in [5, 5.41) is 0. The summed E-state index contributed by atoms with van der Waals surface area (Å²) in [6.45, 7) is 10.7. The number of aromatic nitrogens is 3. The topological polar surface area (TPSA) is 57.1 Å². The molecule has 0 amide bonds. The maximum atomic E-state index is 5.86. The predicted molar refractivity (Wildman–Crippen MR) is 111 cm³/mol. The van der Waals surface area contributed by atoms with Gasteiger partial charge in [-0.15, -0.1) is 0 Å². The molecular formula is C23H27N3O2. The summed E-state index contributed by atoms with van der Waals surface area (Å²) in [6.07, 6.45) is 2.51. The van der Waals surface area contributed by atoms with Crippen LogP contribution in [0.2, 0.25) is 0 Å². The molecule has 0 unspecified atom stereocenters. The van der Waals surface area contributed by atoms with Gasteiger partial charge in [0.05, 0.1) is 25.1 Å². The van der Waals surface area contributed by atoms with E-state index in [-0.39, 0.29) is 0 Å². The summed E-state index contributed by atoms with van der Waals surface area (Å²) >= 11 is 0. The van der Waals surface area contributed by atoms with Gasteiger partial charge in [-0.05, 0) is 69.0 Å². The lowest BCUT2D eigenvalue weighted by Gasteiger charge is -2.13. The fourth-order valence-electron chi connectivity index (χ4n) is 3.49. The Labute approximate surface area is 166 Å². The number of pyridine rings is 1. The van der Waals surface area contributed by atoms with Gasteiger partial charge in [0.1, 0.15) is 5.75 Å². The lowest BCUT2D eigenvalue weighted by molar-refractivity contribution is 0.294. The summed E-state index contributed by atoms with van der Waals surface area (Å²) in [4.78, 5) is 13.5. The third-order valence-electron chi connectivity index (χ3n) is 4.59. The number of hydrogen-bond acceptors (Lipinski definition) is 5. The zero-order valence-electron chi connectivity index (χ0n) is 17.5. The van der Waals surface area contributed by atoms with Crippen LogP contribution in [0.15, 0.2) is 30.5 Å². The number of aryl methyl sites for hydroxylation is 5. The van der Waals surface area contributed by atoms with Crippen LogP contribution in [-0.4, -0.2) is 28.7 Å². The van der Waals surface area contributed by atoms with Crippen molar-refractivity contribution in [2.45, 2.75) is 41.0 Å². The molecule has 0 aliphatic heterocycles. The highest BCUT2D eigenvalue weighted by atomic mass is 16.5. The highest BCUT2D eigenvalue weighted by Gasteiger charge is 2.11. The van der Waals surface area contributed by atoms with E-state index in [9.17, 15) is 0 Å². The second kappa shape index (κ2) is 8.38. The summed E-state index contributed by atoms with van der Waals surface area (Å²) in [5.74, 6) is 0.916. The molecule has 0 fully saturated rings. The Balaban J connectivity index is 1.78. The highest BCUT2D eigenvalue weighted by Crippen LogP contribution is 2.26. The summed E-state index contributed by atoms with van der Waals surface area (Å²) in [5.41, 5.74) is 8.22. The second-order valence-corrected chi connectivity index (χ2v) is 7.23. The molecule has 5 heteroatoms. The lowest BCUT2D eigenvalue weighted by atomic mass is 10.0. The van der Waals surface area contributed by atoms with Gasteiger partial charge in [-0.1, -0.05) is 17.7 Å². The molecule has 28 heavy (non-hydrogen) atoms. The molecule has 0 aliphatic rings. The van der Waals surface area contributed by atoms with Crippen LogP contribution in [-0.2, 0) is 6.42 Å². The molecule has 0 aliphatic carbocycles. The van der Waals surface area contributed by atoms with Crippen molar-refractivity contribution in [3.63, 3.8) is 0 Å². The van der Waals surface area contributed by atoms with E-state index in [0.29, 0.717) is 12.6 Å². The smallest absolute Gasteiger partial charge is 0.316 e. The molecule has 0 bridgehead atoms. The van der Waals surface area contributed by atoms with E-state index in [2.05, 4.69) is 53.9 Å². The molecule has 2 heterocycles. The Bertz CT molecular complexity index is 979. The summed E-state index contributed by atoms with van der Waals surface area (Å²) in [6, 6.07) is 8.71. The van der Waals surface area contributed by atoms with Gasteiger partial charge < -0.3 is 9.47 Å². The molecule has 146 valence electrons. The molecule has 0 saturated carbocycles.